The molecule has 1 N–H and O–H groups in total. The molecule has 4 aliphatic rings. The van der Waals surface area contributed by atoms with Crippen LogP contribution in [0.4, 0.5) is 0 Å². The number of nitrogens with zero attached hydrogens (tertiary/aromatic N) is 1. The number of pyridine rings is 1. The van der Waals surface area contributed by atoms with Crippen molar-refractivity contribution in [3.8, 4) is 0 Å². The maximum absolute atomic E-state index is 14.4. The van der Waals surface area contributed by atoms with Crippen LogP contribution in [0.2, 0.25) is 0 Å². The van der Waals surface area contributed by atoms with Crippen LogP contribution in [0.15, 0.2) is 48.7 Å². The molecule has 1 aromatic carbocycles. The van der Waals surface area contributed by atoms with Crippen molar-refractivity contribution in [3.05, 3.63) is 65.5 Å². The number of carbonyl (C=O) groups excluding carboxylic acids is 8. The zero-order valence-corrected chi connectivity index (χ0v) is 35.4. The van der Waals surface area contributed by atoms with Gasteiger partial charge in [-0.15, -0.1) is 0 Å². The third kappa shape index (κ3) is 7.76. The molecule has 4 bridgehead atoms. The molecule has 19 heteroatoms. The van der Waals surface area contributed by atoms with Gasteiger partial charge in [-0.25, -0.2) is 9.59 Å². The van der Waals surface area contributed by atoms with Gasteiger partial charge in [-0.2, -0.15) is 0 Å². The molecule has 0 unspecified atom stereocenters. The average Bonchev–Trinajstić information content (AvgIpc) is 3.41. The van der Waals surface area contributed by atoms with Gasteiger partial charge in [0.05, 0.1) is 28.7 Å². The molecular formula is C43H49NO18. The van der Waals surface area contributed by atoms with Gasteiger partial charge in [-0.3, -0.25) is 33.8 Å². The standard InChI is InChI=1S/C43H49NO18/c1-21-16-17-29-28(15-12-18-44-29)39(52)55-19-40(7)30-31(56-23(3)46)35(59-26(6)49)42(20-54-22(2)45)36(61-38(51)27-13-10-9-11-14-27)32(57-24(4)47)34(60-37(21)50)41(8,53)43(42,62-40)33(30)58-25(5)48/h9-15,18,21,30-36,53H,16-17,19-20H2,1-8H3/t21-,30+,31+,32-,33+,34+,35-,36+,40-,41-,42+,43-/m0/s1. The number of ether oxygens (including phenoxy) is 9. The summed E-state index contributed by atoms with van der Waals surface area (Å²) in [5.74, 6) is -10.7. The van der Waals surface area contributed by atoms with E-state index < -0.39 is 132 Å². The summed E-state index contributed by atoms with van der Waals surface area (Å²) in [6.07, 6.45) is -10.6. The highest BCUT2D eigenvalue weighted by Crippen LogP contribution is 2.70. The molecule has 3 heterocycles. The van der Waals surface area contributed by atoms with Crippen LogP contribution in [-0.4, -0.2) is 124 Å². The van der Waals surface area contributed by atoms with Crippen molar-refractivity contribution in [3.63, 3.8) is 0 Å². The third-order valence-corrected chi connectivity index (χ3v) is 12.1. The molecule has 0 amide bonds. The van der Waals surface area contributed by atoms with E-state index in [9.17, 15) is 43.5 Å². The van der Waals surface area contributed by atoms with Crippen molar-refractivity contribution in [2.24, 2.45) is 17.3 Å². The first-order chi connectivity index (χ1) is 29.1. The largest absolute Gasteiger partial charge is 0.465 e. The molecule has 1 aromatic heterocycles. The predicted octanol–water partition coefficient (Wildman–Crippen LogP) is 2.16. The van der Waals surface area contributed by atoms with Gasteiger partial charge < -0.3 is 47.7 Å². The second kappa shape index (κ2) is 17.1. The lowest BCUT2D eigenvalue weighted by atomic mass is 9.45. The fraction of sp³-hybridized carbons (Fsp3) is 0.558. The Labute approximate surface area is 355 Å². The number of carbonyl (C=O) groups is 8. The number of hydrogen-bond donors (Lipinski definition) is 1. The topological polar surface area (TPSA) is 253 Å². The Kier molecular flexibility index (Phi) is 12.6. The van der Waals surface area contributed by atoms with E-state index in [1.165, 1.54) is 56.4 Å². The zero-order chi connectivity index (χ0) is 45.5. The van der Waals surface area contributed by atoms with Crippen molar-refractivity contribution >= 4 is 47.8 Å². The minimum absolute atomic E-state index is 0.0225. The molecule has 2 aliphatic carbocycles. The fourth-order valence-corrected chi connectivity index (χ4v) is 9.74. The minimum atomic E-state index is -2.84. The van der Waals surface area contributed by atoms with Gasteiger partial charge in [0.15, 0.2) is 30.0 Å². The lowest BCUT2D eigenvalue weighted by Gasteiger charge is -2.67. The lowest BCUT2D eigenvalue weighted by molar-refractivity contribution is -0.385. The second-order valence-corrected chi connectivity index (χ2v) is 16.4. The lowest BCUT2D eigenvalue weighted by Crippen LogP contribution is -2.89. The van der Waals surface area contributed by atoms with Crippen LogP contribution in [0, 0.1) is 17.3 Å². The predicted molar refractivity (Wildman–Crippen MR) is 205 cm³/mol. The van der Waals surface area contributed by atoms with E-state index in [1.807, 2.05) is 0 Å². The maximum Gasteiger partial charge on any atom is 0.340 e. The van der Waals surface area contributed by atoms with Gasteiger partial charge in [0, 0.05) is 40.8 Å². The van der Waals surface area contributed by atoms with Gasteiger partial charge in [0.2, 0.25) is 0 Å². The maximum atomic E-state index is 14.4. The number of hydrogen-bond acceptors (Lipinski definition) is 19. The Morgan fingerprint density at radius 2 is 1.37 bits per heavy atom. The van der Waals surface area contributed by atoms with E-state index in [-0.39, 0.29) is 29.7 Å². The summed E-state index contributed by atoms with van der Waals surface area (Å²) in [6, 6.07) is 10.4. The molecule has 1 saturated heterocycles. The van der Waals surface area contributed by atoms with Gasteiger partial charge in [0.25, 0.3) is 0 Å². The van der Waals surface area contributed by atoms with Crippen molar-refractivity contribution in [1.29, 1.82) is 0 Å². The van der Waals surface area contributed by atoms with Crippen LogP contribution in [0.5, 0.6) is 0 Å². The number of aromatic nitrogens is 1. The van der Waals surface area contributed by atoms with Crippen molar-refractivity contribution in [2.75, 3.05) is 13.2 Å². The summed E-state index contributed by atoms with van der Waals surface area (Å²) in [4.78, 5) is 113. The van der Waals surface area contributed by atoms with E-state index in [0.717, 1.165) is 41.5 Å². The van der Waals surface area contributed by atoms with Gasteiger partial charge in [-0.05, 0) is 51.0 Å². The van der Waals surface area contributed by atoms with E-state index in [0.29, 0.717) is 0 Å². The number of aliphatic hydroxyl groups is 1. The number of benzene rings is 1. The molecule has 62 heavy (non-hydrogen) atoms. The molecule has 334 valence electrons. The van der Waals surface area contributed by atoms with E-state index in [4.69, 9.17) is 42.6 Å². The summed E-state index contributed by atoms with van der Waals surface area (Å²) >= 11 is 0. The van der Waals surface area contributed by atoms with Crippen LogP contribution >= 0.6 is 0 Å². The highest BCUT2D eigenvalue weighted by Gasteiger charge is 2.92. The number of rotatable bonds is 8. The van der Waals surface area contributed by atoms with E-state index in [2.05, 4.69) is 4.98 Å². The smallest absolute Gasteiger partial charge is 0.340 e. The summed E-state index contributed by atoms with van der Waals surface area (Å²) < 4.78 is 55.4. The number of cyclic esters (lactones) is 1. The van der Waals surface area contributed by atoms with Crippen LogP contribution in [0.25, 0.3) is 0 Å². The highest BCUT2D eigenvalue weighted by molar-refractivity contribution is 5.91. The first kappa shape index (κ1) is 45.6. The minimum Gasteiger partial charge on any atom is -0.465 e. The Morgan fingerprint density at radius 3 is 1.98 bits per heavy atom. The molecule has 19 nitrogen and oxygen atoms in total. The van der Waals surface area contributed by atoms with E-state index in [1.54, 1.807) is 6.07 Å². The summed E-state index contributed by atoms with van der Waals surface area (Å²) in [5, 5.41) is 13.6. The first-order valence-corrected chi connectivity index (χ1v) is 19.9. The monoisotopic (exact) mass is 867 g/mol. The van der Waals surface area contributed by atoms with Crippen molar-refractivity contribution < 1.29 is 86.1 Å². The Hall–Kier alpha value is -5.95. The first-order valence-electron chi connectivity index (χ1n) is 19.9. The van der Waals surface area contributed by atoms with Gasteiger partial charge in [-0.1, -0.05) is 25.1 Å². The van der Waals surface area contributed by atoms with Gasteiger partial charge >= 0.3 is 47.8 Å². The molecule has 6 rings (SSSR count). The molecular weight excluding hydrogens is 818 g/mol. The summed E-state index contributed by atoms with van der Waals surface area (Å²) in [5.41, 5.74) is -10.2. The van der Waals surface area contributed by atoms with Gasteiger partial charge in [0.1, 0.15) is 42.0 Å². The number of aryl methyl sites for hydroxylation is 1. The van der Waals surface area contributed by atoms with Crippen molar-refractivity contribution in [1.82, 2.24) is 4.98 Å². The molecule has 3 fully saturated rings. The molecule has 1 spiro atoms. The Bertz CT molecular complexity index is 2140. The molecule has 2 saturated carbocycles. The Balaban J connectivity index is 1.79. The SMILES string of the molecule is CC(=O)OC[C@@]12[C@H](OC(=O)c3ccccc3)[C@@H](OC(C)=O)[C@H]3OC(=O)[C@@H](C)CCc4ncccc4C(=O)OC[C@]4(C)O[C@@]1([C@H](OC(C)=O)[C@H]4[C@@H](OC(C)=O)[C@@H]2OC(C)=O)[C@@]3(C)O. The van der Waals surface area contributed by atoms with E-state index >= 15 is 0 Å². The Morgan fingerprint density at radius 1 is 0.774 bits per heavy atom. The average molecular weight is 868 g/mol. The molecule has 2 aromatic rings. The van der Waals surface area contributed by atoms with Crippen LogP contribution in [0.3, 0.4) is 0 Å². The third-order valence-electron chi connectivity index (χ3n) is 12.1. The molecule has 0 radical (unpaired) electrons. The molecule has 2 aliphatic heterocycles. The highest BCUT2D eigenvalue weighted by atomic mass is 16.7. The van der Waals surface area contributed by atoms with Crippen LogP contribution in [-0.2, 0) is 77.8 Å². The van der Waals surface area contributed by atoms with Crippen LogP contribution < -0.4 is 0 Å². The molecule has 12 atom stereocenters. The summed E-state index contributed by atoms with van der Waals surface area (Å²) in [6.45, 7) is 7.17. The number of esters is 8. The summed E-state index contributed by atoms with van der Waals surface area (Å²) in [7, 11) is 0. The normalized spacial score (nSPS) is 35.0. The number of fused-ring (bicyclic) bond motifs is 5. The van der Waals surface area contributed by atoms with Crippen LogP contribution in [0.1, 0.15) is 88.2 Å². The van der Waals surface area contributed by atoms with Crippen molar-refractivity contribution in [2.45, 2.75) is 122 Å². The fourth-order valence-electron chi connectivity index (χ4n) is 9.74. The second-order valence-electron chi connectivity index (χ2n) is 16.4. The zero-order valence-electron chi connectivity index (χ0n) is 35.4. The quantitative estimate of drug-likeness (QED) is 0.295.